The molecular formula is C29H39N3O4. The minimum atomic E-state index is -0.483. The van der Waals surface area contributed by atoms with Gasteiger partial charge in [0.1, 0.15) is 16.9 Å². The summed E-state index contributed by atoms with van der Waals surface area (Å²) in [5, 5.41) is 2.99. The highest BCUT2D eigenvalue weighted by molar-refractivity contribution is 5.99. The van der Waals surface area contributed by atoms with Crippen molar-refractivity contribution in [2.45, 2.75) is 77.3 Å². The van der Waals surface area contributed by atoms with Crippen LogP contribution >= 0.6 is 0 Å². The van der Waals surface area contributed by atoms with Gasteiger partial charge < -0.3 is 19.5 Å². The lowest BCUT2D eigenvalue weighted by Gasteiger charge is -2.35. The van der Waals surface area contributed by atoms with Crippen LogP contribution in [0.25, 0.3) is 0 Å². The molecule has 0 bridgehead atoms. The highest BCUT2D eigenvalue weighted by atomic mass is 16.5. The van der Waals surface area contributed by atoms with Crippen molar-refractivity contribution in [3.8, 4) is 5.75 Å². The van der Waals surface area contributed by atoms with Gasteiger partial charge in [-0.25, -0.2) is 0 Å². The summed E-state index contributed by atoms with van der Waals surface area (Å²) in [5.74, 6) is 0.512. The number of piperidine rings is 1. The molecule has 2 fully saturated rings. The minimum absolute atomic E-state index is 0.0320. The summed E-state index contributed by atoms with van der Waals surface area (Å²) in [6.07, 6.45) is 12.8. The smallest absolute Gasteiger partial charge is 0.259 e. The standard InChI is InChI=1S/C29H39N3O4/c1-3-23-13-7-8-15-32(23)29(35)26-20-31(18-22-12-9-14-24(16-22)36-2)19-25(27(26)33)28(34)30-17-21-10-5-4-6-11-21/h9,12,14,16,19-21,23H,3-8,10-11,13,15,17-18H2,1-2H3,(H,30,34)/t23-/m1/s1. The highest BCUT2D eigenvalue weighted by Crippen LogP contribution is 2.23. The Kier molecular flexibility index (Phi) is 8.83. The first-order valence-corrected chi connectivity index (χ1v) is 13.5. The predicted octanol–water partition coefficient (Wildman–Crippen LogP) is 4.62. The monoisotopic (exact) mass is 493 g/mol. The van der Waals surface area contributed by atoms with Crippen LogP contribution < -0.4 is 15.5 Å². The average Bonchev–Trinajstić information content (AvgIpc) is 2.92. The molecule has 1 atom stereocenters. The van der Waals surface area contributed by atoms with Gasteiger partial charge in [-0.1, -0.05) is 38.3 Å². The maximum absolute atomic E-state index is 13.6. The normalized spacial score (nSPS) is 18.6. The Hall–Kier alpha value is -3.09. The Morgan fingerprint density at radius 2 is 1.78 bits per heavy atom. The summed E-state index contributed by atoms with van der Waals surface area (Å²) in [6, 6.07) is 7.78. The number of hydrogen-bond donors (Lipinski definition) is 1. The van der Waals surface area contributed by atoms with Crippen molar-refractivity contribution >= 4 is 11.8 Å². The van der Waals surface area contributed by atoms with E-state index in [1.165, 1.54) is 19.3 Å². The fourth-order valence-corrected chi connectivity index (χ4v) is 5.59. The Labute approximate surface area is 213 Å². The van der Waals surface area contributed by atoms with Gasteiger partial charge in [0.25, 0.3) is 11.8 Å². The third-order valence-corrected chi connectivity index (χ3v) is 7.69. The van der Waals surface area contributed by atoms with Gasteiger partial charge in [0.05, 0.1) is 7.11 Å². The second-order valence-electron chi connectivity index (χ2n) is 10.2. The summed E-state index contributed by atoms with van der Waals surface area (Å²) in [6.45, 7) is 3.70. The van der Waals surface area contributed by atoms with Gasteiger partial charge in [-0.3, -0.25) is 14.4 Å². The molecule has 2 amide bonds. The molecule has 7 heteroatoms. The number of nitrogens with zero attached hydrogens (tertiary/aromatic N) is 2. The van der Waals surface area contributed by atoms with Crippen LogP contribution in [0.1, 0.15) is 91.0 Å². The van der Waals surface area contributed by atoms with E-state index in [9.17, 15) is 14.4 Å². The van der Waals surface area contributed by atoms with Crippen LogP contribution in [0.15, 0.2) is 41.5 Å². The molecular weight excluding hydrogens is 454 g/mol. The van der Waals surface area contributed by atoms with Gasteiger partial charge >= 0.3 is 0 Å². The summed E-state index contributed by atoms with van der Waals surface area (Å²) in [7, 11) is 1.62. The lowest BCUT2D eigenvalue weighted by Crippen LogP contribution is -2.45. The van der Waals surface area contributed by atoms with Crippen LogP contribution in [0.4, 0.5) is 0 Å². The number of methoxy groups -OCH3 is 1. The molecule has 1 N–H and O–H groups in total. The molecule has 1 aliphatic carbocycles. The lowest BCUT2D eigenvalue weighted by molar-refractivity contribution is 0.0605. The first-order chi connectivity index (χ1) is 17.5. The number of carbonyl (C=O) groups is 2. The first-order valence-electron chi connectivity index (χ1n) is 13.5. The Balaban J connectivity index is 1.65. The molecule has 1 aromatic heterocycles. The quantitative estimate of drug-likeness (QED) is 0.582. The maximum Gasteiger partial charge on any atom is 0.259 e. The van der Waals surface area contributed by atoms with Gasteiger partial charge in [-0.2, -0.15) is 0 Å². The van der Waals surface area contributed by atoms with Crippen molar-refractivity contribution in [1.82, 2.24) is 14.8 Å². The van der Waals surface area contributed by atoms with Crippen LogP contribution in [0.2, 0.25) is 0 Å². The number of amides is 2. The molecule has 1 saturated carbocycles. The topological polar surface area (TPSA) is 80.6 Å². The third kappa shape index (κ3) is 6.18. The van der Waals surface area contributed by atoms with Crippen molar-refractivity contribution in [3.05, 3.63) is 63.6 Å². The van der Waals surface area contributed by atoms with Crippen molar-refractivity contribution in [2.24, 2.45) is 5.92 Å². The zero-order valence-corrected chi connectivity index (χ0v) is 21.6. The Morgan fingerprint density at radius 1 is 1.03 bits per heavy atom. The van der Waals surface area contributed by atoms with Gasteiger partial charge in [-0.15, -0.1) is 0 Å². The molecule has 194 valence electrons. The van der Waals surface area contributed by atoms with Gasteiger partial charge in [-0.05, 0) is 62.1 Å². The maximum atomic E-state index is 13.6. The van der Waals surface area contributed by atoms with Crippen LogP contribution in [-0.4, -0.2) is 47.5 Å². The number of ether oxygens (including phenoxy) is 1. The Bertz CT molecular complexity index is 1120. The number of rotatable bonds is 8. The van der Waals surface area contributed by atoms with Crippen molar-refractivity contribution < 1.29 is 14.3 Å². The molecule has 36 heavy (non-hydrogen) atoms. The molecule has 4 rings (SSSR count). The molecule has 0 spiro atoms. The molecule has 7 nitrogen and oxygen atoms in total. The van der Waals surface area contributed by atoms with E-state index in [2.05, 4.69) is 12.2 Å². The molecule has 2 heterocycles. The average molecular weight is 494 g/mol. The van der Waals surface area contributed by atoms with Gasteiger partial charge in [0.2, 0.25) is 5.43 Å². The van der Waals surface area contributed by atoms with E-state index in [0.717, 1.165) is 49.8 Å². The zero-order chi connectivity index (χ0) is 25.5. The van der Waals surface area contributed by atoms with Crippen LogP contribution in [0, 0.1) is 5.92 Å². The van der Waals surface area contributed by atoms with Crippen LogP contribution in [-0.2, 0) is 6.54 Å². The molecule has 2 aliphatic rings. The van der Waals surface area contributed by atoms with E-state index in [1.807, 2.05) is 29.2 Å². The molecule has 1 saturated heterocycles. The fourth-order valence-electron chi connectivity index (χ4n) is 5.59. The van der Waals surface area contributed by atoms with E-state index in [1.54, 1.807) is 24.1 Å². The van der Waals surface area contributed by atoms with Gasteiger partial charge in [0.15, 0.2) is 0 Å². The summed E-state index contributed by atoms with van der Waals surface area (Å²) in [5.41, 5.74) is 0.575. The molecule has 1 aromatic carbocycles. The van der Waals surface area contributed by atoms with Crippen molar-refractivity contribution in [2.75, 3.05) is 20.2 Å². The van der Waals surface area contributed by atoms with Crippen LogP contribution in [0.3, 0.4) is 0 Å². The highest BCUT2D eigenvalue weighted by Gasteiger charge is 2.29. The summed E-state index contributed by atoms with van der Waals surface area (Å²) >= 11 is 0. The zero-order valence-electron chi connectivity index (χ0n) is 21.6. The molecule has 0 unspecified atom stereocenters. The predicted molar refractivity (Wildman–Crippen MR) is 141 cm³/mol. The molecule has 1 aliphatic heterocycles. The largest absolute Gasteiger partial charge is 0.497 e. The number of hydrogen-bond acceptors (Lipinski definition) is 4. The summed E-state index contributed by atoms with van der Waals surface area (Å²) < 4.78 is 7.13. The SMILES string of the molecule is CC[C@@H]1CCCCN1C(=O)c1cn(Cc2cccc(OC)c2)cc(C(=O)NCC2CCCCC2)c1=O. The Morgan fingerprint density at radius 3 is 2.53 bits per heavy atom. The number of benzene rings is 1. The fraction of sp³-hybridized carbons (Fsp3) is 0.552. The number of likely N-dealkylation sites (tertiary alicyclic amines) is 1. The number of pyridine rings is 1. The molecule has 0 radical (unpaired) electrons. The number of carbonyl (C=O) groups excluding carboxylic acids is 2. The second-order valence-corrected chi connectivity index (χ2v) is 10.2. The van der Waals surface area contributed by atoms with Crippen molar-refractivity contribution in [3.63, 3.8) is 0 Å². The number of nitrogens with one attached hydrogen (secondary N) is 1. The molecule has 2 aromatic rings. The van der Waals surface area contributed by atoms with E-state index < -0.39 is 11.3 Å². The third-order valence-electron chi connectivity index (χ3n) is 7.69. The van der Waals surface area contributed by atoms with Crippen molar-refractivity contribution in [1.29, 1.82) is 0 Å². The van der Waals surface area contributed by atoms with E-state index >= 15 is 0 Å². The van der Waals surface area contributed by atoms with Crippen LogP contribution in [0.5, 0.6) is 5.75 Å². The second kappa shape index (κ2) is 12.2. The van der Waals surface area contributed by atoms with E-state index in [0.29, 0.717) is 25.6 Å². The lowest BCUT2D eigenvalue weighted by atomic mass is 9.89. The summed E-state index contributed by atoms with van der Waals surface area (Å²) in [4.78, 5) is 42.2. The van der Waals surface area contributed by atoms with E-state index in [-0.39, 0.29) is 23.1 Å². The first kappa shape index (κ1) is 26.0. The van der Waals surface area contributed by atoms with Gasteiger partial charge in [0, 0.05) is 38.1 Å². The van der Waals surface area contributed by atoms with E-state index in [4.69, 9.17) is 4.74 Å². The number of aromatic nitrogens is 1. The minimum Gasteiger partial charge on any atom is -0.497 e.